The van der Waals surface area contributed by atoms with E-state index in [4.69, 9.17) is 4.74 Å². The van der Waals surface area contributed by atoms with Gasteiger partial charge < -0.3 is 9.84 Å². The summed E-state index contributed by atoms with van der Waals surface area (Å²) < 4.78 is 44.0. The molecule has 0 unspecified atom stereocenters. The fourth-order valence-corrected chi connectivity index (χ4v) is 3.93. The molecule has 1 aliphatic rings. The molecule has 0 aromatic heterocycles. The van der Waals surface area contributed by atoms with E-state index in [1.807, 2.05) is 48.5 Å². The van der Waals surface area contributed by atoms with Crippen molar-refractivity contribution in [3.8, 4) is 11.1 Å². The van der Waals surface area contributed by atoms with Crippen molar-refractivity contribution < 1.29 is 27.8 Å². The maximum absolute atomic E-state index is 12.8. The number of nitrogens with zero attached hydrogens (tertiary/aromatic N) is 1. The van der Waals surface area contributed by atoms with Gasteiger partial charge in [0.15, 0.2) is 0 Å². The van der Waals surface area contributed by atoms with E-state index in [2.05, 4.69) is 0 Å². The summed E-state index contributed by atoms with van der Waals surface area (Å²) >= 11 is 0. The van der Waals surface area contributed by atoms with Gasteiger partial charge in [0.25, 0.3) is 0 Å². The number of carbonyl (C=O) groups excluding carboxylic acids is 1. The number of aliphatic hydroxyl groups excluding tert-OH is 1. The van der Waals surface area contributed by atoms with Crippen LogP contribution in [-0.2, 0) is 10.9 Å². The molecule has 0 spiro atoms. The predicted octanol–water partition coefficient (Wildman–Crippen LogP) is 5.45. The van der Waals surface area contributed by atoms with Gasteiger partial charge in [-0.3, -0.25) is 4.90 Å². The Morgan fingerprint density at radius 3 is 1.97 bits per heavy atom. The van der Waals surface area contributed by atoms with Gasteiger partial charge in [0, 0.05) is 11.6 Å². The fraction of sp³-hybridized carbons (Fsp3) is 0.208. The Balaban J connectivity index is 1.53. The summed E-state index contributed by atoms with van der Waals surface area (Å²) in [5.74, 6) is -0.139. The van der Waals surface area contributed by atoms with E-state index in [9.17, 15) is 23.1 Å². The van der Waals surface area contributed by atoms with E-state index in [0.717, 1.165) is 39.3 Å². The molecule has 1 N–H and O–H groups in total. The van der Waals surface area contributed by atoms with Crippen LogP contribution in [0.15, 0.2) is 72.8 Å². The fourth-order valence-electron chi connectivity index (χ4n) is 3.93. The van der Waals surface area contributed by atoms with Gasteiger partial charge in [0.2, 0.25) is 0 Å². The average Bonchev–Trinajstić information content (AvgIpc) is 3.09. The molecule has 0 saturated carbocycles. The number of anilines is 1. The van der Waals surface area contributed by atoms with Crippen LogP contribution in [0.25, 0.3) is 11.1 Å². The number of benzene rings is 3. The number of fused-ring (bicyclic) bond motifs is 3. The maximum atomic E-state index is 12.8. The largest absolute Gasteiger partial charge is 0.448 e. The zero-order valence-electron chi connectivity index (χ0n) is 16.5. The molecule has 160 valence electrons. The second-order valence-corrected chi connectivity index (χ2v) is 7.22. The van der Waals surface area contributed by atoms with Crippen molar-refractivity contribution in [3.63, 3.8) is 0 Å². The first kappa shape index (κ1) is 20.9. The zero-order valence-corrected chi connectivity index (χ0v) is 16.5. The standard InChI is InChI=1S/C24H20F3NO3/c25-24(26,27)16-9-11-17(12-10-16)28(13-14-29)23(30)31-15-22-20-7-3-1-5-18(20)19-6-2-4-8-21(19)22/h1-12,22,29H,13-15H2. The van der Waals surface area contributed by atoms with Crippen molar-refractivity contribution in [2.24, 2.45) is 0 Å². The first-order chi connectivity index (χ1) is 14.9. The van der Waals surface area contributed by atoms with Crippen molar-refractivity contribution >= 4 is 11.8 Å². The minimum absolute atomic E-state index is 0.0788. The van der Waals surface area contributed by atoms with Crippen LogP contribution in [0, 0.1) is 0 Å². The Morgan fingerprint density at radius 1 is 0.903 bits per heavy atom. The van der Waals surface area contributed by atoms with Gasteiger partial charge in [-0.25, -0.2) is 4.79 Å². The van der Waals surface area contributed by atoms with Crippen molar-refractivity contribution in [3.05, 3.63) is 89.5 Å². The normalized spacial score (nSPS) is 12.9. The third kappa shape index (κ3) is 4.14. The SMILES string of the molecule is O=C(OCC1c2ccccc2-c2ccccc21)N(CCO)c1ccc(C(F)(F)F)cc1. The lowest BCUT2D eigenvalue weighted by molar-refractivity contribution is -0.137. The second-order valence-electron chi connectivity index (χ2n) is 7.22. The van der Waals surface area contributed by atoms with E-state index >= 15 is 0 Å². The molecule has 31 heavy (non-hydrogen) atoms. The highest BCUT2D eigenvalue weighted by atomic mass is 19.4. The van der Waals surface area contributed by atoms with Gasteiger partial charge in [0.1, 0.15) is 6.61 Å². The smallest absolute Gasteiger partial charge is 0.416 e. The molecule has 0 bridgehead atoms. The van der Waals surface area contributed by atoms with Crippen LogP contribution in [-0.4, -0.2) is 31.0 Å². The summed E-state index contributed by atoms with van der Waals surface area (Å²) in [6, 6.07) is 20.0. The van der Waals surface area contributed by atoms with E-state index in [1.54, 1.807) is 0 Å². The monoisotopic (exact) mass is 427 g/mol. The molecule has 0 atom stereocenters. The second kappa shape index (κ2) is 8.43. The highest BCUT2D eigenvalue weighted by Crippen LogP contribution is 2.44. The summed E-state index contributed by atoms with van der Waals surface area (Å²) in [6.07, 6.45) is -5.19. The lowest BCUT2D eigenvalue weighted by Crippen LogP contribution is -2.35. The zero-order chi connectivity index (χ0) is 22.0. The Hall–Kier alpha value is -3.32. The Morgan fingerprint density at radius 2 is 1.45 bits per heavy atom. The molecular weight excluding hydrogens is 407 g/mol. The molecule has 3 aromatic rings. The topological polar surface area (TPSA) is 49.8 Å². The van der Waals surface area contributed by atoms with Gasteiger partial charge in [-0.2, -0.15) is 13.2 Å². The van der Waals surface area contributed by atoms with Crippen LogP contribution >= 0.6 is 0 Å². The number of amides is 1. The molecule has 4 rings (SSSR count). The molecule has 0 aliphatic heterocycles. The van der Waals surface area contributed by atoms with Crippen LogP contribution in [0.4, 0.5) is 23.7 Å². The summed E-state index contributed by atoms with van der Waals surface area (Å²) in [4.78, 5) is 13.9. The lowest BCUT2D eigenvalue weighted by Gasteiger charge is -2.23. The quantitative estimate of drug-likeness (QED) is 0.589. The van der Waals surface area contributed by atoms with Gasteiger partial charge >= 0.3 is 12.3 Å². The van der Waals surface area contributed by atoms with Gasteiger partial charge in [-0.1, -0.05) is 48.5 Å². The Bertz CT molecular complexity index is 1030. The van der Waals surface area contributed by atoms with Crippen LogP contribution in [0.5, 0.6) is 0 Å². The first-order valence-electron chi connectivity index (χ1n) is 9.81. The van der Waals surface area contributed by atoms with Crippen LogP contribution in [0.2, 0.25) is 0 Å². The number of hydrogen-bond donors (Lipinski definition) is 1. The molecule has 7 heteroatoms. The van der Waals surface area contributed by atoms with Gasteiger partial charge in [-0.15, -0.1) is 0 Å². The molecule has 1 aliphatic carbocycles. The molecule has 3 aromatic carbocycles. The minimum Gasteiger partial charge on any atom is -0.448 e. The van der Waals surface area contributed by atoms with E-state index < -0.39 is 17.8 Å². The summed E-state index contributed by atoms with van der Waals surface area (Å²) in [7, 11) is 0. The van der Waals surface area contributed by atoms with Crippen molar-refractivity contribution in [2.75, 3.05) is 24.7 Å². The highest BCUT2D eigenvalue weighted by molar-refractivity contribution is 5.88. The number of alkyl halides is 3. The molecule has 1 amide bonds. The number of aliphatic hydroxyl groups is 1. The van der Waals surface area contributed by atoms with Crippen LogP contribution < -0.4 is 4.90 Å². The van der Waals surface area contributed by atoms with E-state index in [0.29, 0.717) is 0 Å². The van der Waals surface area contributed by atoms with Gasteiger partial charge in [-0.05, 0) is 46.5 Å². The Kier molecular flexibility index (Phi) is 5.69. The number of rotatable bonds is 5. The summed E-state index contributed by atoms with van der Waals surface area (Å²) in [6.45, 7) is -0.372. The lowest BCUT2D eigenvalue weighted by atomic mass is 9.98. The van der Waals surface area contributed by atoms with Crippen molar-refractivity contribution in [2.45, 2.75) is 12.1 Å². The van der Waals surface area contributed by atoms with E-state index in [-0.39, 0.29) is 31.4 Å². The molecule has 0 radical (unpaired) electrons. The molecule has 0 heterocycles. The number of ether oxygens (including phenoxy) is 1. The molecular formula is C24H20F3NO3. The van der Waals surface area contributed by atoms with Crippen molar-refractivity contribution in [1.29, 1.82) is 0 Å². The highest BCUT2D eigenvalue weighted by Gasteiger charge is 2.32. The third-order valence-corrected chi connectivity index (χ3v) is 5.39. The molecule has 0 fully saturated rings. The van der Waals surface area contributed by atoms with Gasteiger partial charge in [0.05, 0.1) is 18.7 Å². The van der Waals surface area contributed by atoms with Crippen molar-refractivity contribution in [1.82, 2.24) is 0 Å². The predicted molar refractivity (Wildman–Crippen MR) is 111 cm³/mol. The molecule has 4 nitrogen and oxygen atoms in total. The molecule has 0 saturated heterocycles. The number of carbonyl (C=O) groups is 1. The third-order valence-electron chi connectivity index (χ3n) is 5.39. The summed E-state index contributed by atoms with van der Waals surface area (Å²) in [5.41, 5.74) is 3.70. The average molecular weight is 427 g/mol. The van der Waals surface area contributed by atoms with Crippen LogP contribution in [0.3, 0.4) is 0 Å². The number of halogens is 3. The van der Waals surface area contributed by atoms with E-state index in [1.165, 1.54) is 12.1 Å². The Labute approximate surface area is 177 Å². The van der Waals surface area contributed by atoms with Crippen LogP contribution in [0.1, 0.15) is 22.6 Å². The number of hydrogen-bond acceptors (Lipinski definition) is 3. The minimum atomic E-state index is -4.47. The maximum Gasteiger partial charge on any atom is 0.416 e. The summed E-state index contributed by atoms with van der Waals surface area (Å²) in [5, 5.41) is 9.34. The first-order valence-corrected chi connectivity index (χ1v) is 9.81.